The fourth-order valence-corrected chi connectivity index (χ4v) is 8.79. The van der Waals surface area contributed by atoms with Gasteiger partial charge >= 0.3 is 0 Å². The number of halogens is 1. The van der Waals surface area contributed by atoms with Crippen LogP contribution in [-0.2, 0) is 4.79 Å². The monoisotopic (exact) mass is 590 g/mol. The summed E-state index contributed by atoms with van der Waals surface area (Å²) in [6.45, 7) is 7.92. The molecular formula is C27H43IO6. The zero-order valence-electron chi connectivity index (χ0n) is 21.0. The van der Waals surface area contributed by atoms with Gasteiger partial charge in [-0.15, -0.1) is 0 Å². The Labute approximate surface area is 217 Å². The zero-order valence-corrected chi connectivity index (χ0v) is 23.2. The van der Waals surface area contributed by atoms with E-state index >= 15 is 0 Å². The van der Waals surface area contributed by atoms with Crippen LogP contribution in [0.4, 0.5) is 0 Å². The molecule has 0 aromatic carbocycles. The van der Waals surface area contributed by atoms with Crippen molar-refractivity contribution in [2.75, 3.05) is 4.43 Å². The molecule has 5 N–H and O–H groups in total. The minimum absolute atomic E-state index is 0.0476. The lowest BCUT2D eigenvalue weighted by atomic mass is 9.45. The molecule has 0 aliphatic heterocycles. The van der Waals surface area contributed by atoms with Gasteiger partial charge in [-0.3, -0.25) is 4.79 Å². The largest absolute Gasteiger partial charge is 0.390 e. The average molecular weight is 591 g/mol. The number of carbonyl (C=O) groups is 1. The number of hydrogen-bond acceptors (Lipinski definition) is 6. The summed E-state index contributed by atoms with van der Waals surface area (Å²) in [5, 5.41) is 55.6. The van der Waals surface area contributed by atoms with Crippen molar-refractivity contribution in [2.45, 2.75) is 109 Å². The molecule has 34 heavy (non-hydrogen) atoms. The second-order valence-corrected chi connectivity index (χ2v) is 13.6. The van der Waals surface area contributed by atoms with Crippen LogP contribution in [-0.4, -0.2) is 65.3 Å². The van der Waals surface area contributed by atoms with Crippen LogP contribution >= 0.6 is 22.6 Å². The number of aliphatic hydroxyl groups excluding tert-OH is 3. The Morgan fingerprint density at radius 3 is 2.47 bits per heavy atom. The van der Waals surface area contributed by atoms with E-state index in [-0.39, 0.29) is 30.0 Å². The van der Waals surface area contributed by atoms with E-state index < -0.39 is 40.3 Å². The van der Waals surface area contributed by atoms with Crippen LogP contribution in [0.3, 0.4) is 0 Å². The van der Waals surface area contributed by atoms with E-state index in [9.17, 15) is 30.3 Å². The van der Waals surface area contributed by atoms with Crippen molar-refractivity contribution in [1.82, 2.24) is 0 Å². The van der Waals surface area contributed by atoms with E-state index in [1.54, 1.807) is 13.0 Å². The third-order valence-corrected chi connectivity index (χ3v) is 12.2. The molecule has 0 aromatic heterocycles. The van der Waals surface area contributed by atoms with Crippen LogP contribution in [0.1, 0.15) is 79.1 Å². The summed E-state index contributed by atoms with van der Waals surface area (Å²) in [5.41, 5.74) is -2.99. The number of rotatable bonds is 6. The van der Waals surface area contributed by atoms with Gasteiger partial charge in [0.05, 0.1) is 29.5 Å². The van der Waals surface area contributed by atoms with Gasteiger partial charge in [-0.25, -0.2) is 0 Å². The Balaban J connectivity index is 1.65. The van der Waals surface area contributed by atoms with Crippen LogP contribution in [0.15, 0.2) is 11.6 Å². The fourth-order valence-electron chi connectivity index (χ4n) is 8.35. The Hall–Kier alpha value is -0.0600. The van der Waals surface area contributed by atoms with Gasteiger partial charge in [-0.1, -0.05) is 43.4 Å². The maximum atomic E-state index is 13.3. The van der Waals surface area contributed by atoms with E-state index in [0.29, 0.717) is 38.0 Å². The minimum atomic E-state index is -1.34. The Morgan fingerprint density at radius 2 is 1.82 bits per heavy atom. The van der Waals surface area contributed by atoms with Crippen molar-refractivity contribution < 1.29 is 30.3 Å². The van der Waals surface area contributed by atoms with Crippen LogP contribution in [0.2, 0.25) is 0 Å². The van der Waals surface area contributed by atoms with Gasteiger partial charge < -0.3 is 25.5 Å². The minimum Gasteiger partial charge on any atom is -0.390 e. The highest BCUT2D eigenvalue weighted by Gasteiger charge is 2.69. The molecule has 0 spiro atoms. The molecule has 11 atom stereocenters. The van der Waals surface area contributed by atoms with Crippen molar-refractivity contribution in [3.63, 3.8) is 0 Å². The molecule has 3 saturated carbocycles. The number of fused-ring (bicyclic) bond motifs is 5. The molecule has 3 fully saturated rings. The second-order valence-electron chi connectivity index (χ2n) is 12.7. The van der Waals surface area contributed by atoms with E-state index in [4.69, 9.17) is 0 Å². The molecule has 1 unspecified atom stereocenters. The topological polar surface area (TPSA) is 118 Å². The highest BCUT2D eigenvalue weighted by molar-refractivity contribution is 14.1. The van der Waals surface area contributed by atoms with E-state index in [1.165, 1.54) is 0 Å². The van der Waals surface area contributed by atoms with Crippen molar-refractivity contribution in [3.8, 4) is 0 Å². The molecule has 4 aliphatic rings. The summed E-state index contributed by atoms with van der Waals surface area (Å²) in [6.07, 6.45) is 3.41. The first-order valence-electron chi connectivity index (χ1n) is 13.0. The Morgan fingerprint density at radius 1 is 1.15 bits per heavy atom. The van der Waals surface area contributed by atoms with Crippen LogP contribution in [0.5, 0.6) is 0 Å². The van der Waals surface area contributed by atoms with E-state index in [1.807, 2.05) is 13.8 Å². The number of alkyl halides is 1. The quantitative estimate of drug-likeness (QED) is 0.240. The smallest absolute Gasteiger partial charge is 0.159 e. The van der Waals surface area contributed by atoms with E-state index in [2.05, 4.69) is 29.5 Å². The highest BCUT2D eigenvalue weighted by Crippen LogP contribution is 2.68. The van der Waals surface area contributed by atoms with Gasteiger partial charge in [0, 0.05) is 15.8 Å². The summed E-state index contributed by atoms with van der Waals surface area (Å²) >= 11 is 2.34. The summed E-state index contributed by atoms with van der Waals surface area (Å²) in [7, 11) is 0. The standard InChI is InChI=1S/C27H43IO6/c1-15(14-28)5-6-23(32)26(4,33)22-8-10-27(34)17-11-19(29)18-12-20(30)21(31)13-24(18,2)16(17)7-9-25(22,27)3/h11,15-16,18,20-23,30-34H,5-10,12-14H2,1-4H3/t15?,16-,18-,20+,21-,22-,23+,24+,25+,26+,27+/m0/s1. The third kappa shape index (κ3) is 3.87. The van der Waals surface area contributed by atoms with E-state index in [0.717, 1.165) is 22.8 Å². The lowest BCUT2D eigenvalue weighted by molar-refractivity contribution is -0.176. The molecule has 0 saturated heterocycles. The number of aliphatic hydroxyl groups is 5. The SMILES string of the molecule is CC(CI)CC[C@@H](O)[C@](C)(O)[C@H]1CC[C@@]2(O)C3=CC(=O)[C@@H]4C[C@@H](O)[C@@H](O)C[C@]4(C)[C@H]3CC[C@]12C. The predicted molar refractivity (Wildman–Crippen MR) is 138 cm³/mol. The zero-order chi connectivity index (χ0) is 25.3. The summed E-state index contributed by atoms with van der Waals surface area (Å²) in [4.78, 5) is 13.3. The van der Waals surface area contributed by atoms with Crippen molar-refractivity contribution in [2.24, 2.45) is 34.5 Å². The highest BCUT2D eigenvalue weighted by atomic mass is 127. The molecule has 194 valence electrons. The van der Waals surface area contributed by atoms with Crippen LogP contribution in [0.25, 0.3) is 0 Å². The number of hydrogen-bond donors (Lipinski definition) is 5. The van der Waals surface area contributed by atoms with Gasteiger partial charge in [0.15, 0.2) is 5.78 Å². The van der Waals surface area contributed by atoms with Crippen molar-refractivity contribution in [1.29, 1.82) is 0 Å². The molecular weight excluding hydrogens is 547 g/mol. The molecule has 4 aliphatic carbocycles. The first kappa shape index (κ1) is 27.0. The van der Waals surface area contributed by atoms with Crippen LogP contribution < -0.4 is 0 Å². The maximum absolute atomic E-state index is 13.3. The van der Waals surface area contributed by atoms with Crippen molar-refractivity contribution >= 4 is 28.4 Å². The van der Waals surface area contributed by atoms with Crippen LogP contribution in [0, 0.1) is 34.5 Å². The maximum Gasteiger partial charge on any atom is 0.159 e. The molecule has 4 rings (SSSR count). The normalized spacial score (nSPS) is 47.6. The number of carbonyl (C=O) groups excluding carboxylic acids is 1. The lowest BCUT2D eigenvalue weighted by Gasteiger charge is -2.60. The molecule has 6 nitrogen and oxygen atoms in total. The molecule has 0 aromatic rings. The van der Waals surface area contributed by atoms with Gasteiger partial charge in [-0.05, 0) is 93.1 Å². The molecule has 0 radical (unpaired) electrons. The molecule has 0 amide bonds. The van der Waals surface area contributed by atoms with Gasteiger partial charge in [0.25, 0.3) is 0 Å². The molecule has 0 heterocycles. The fraction of sp³-hybridized carbons (Fsp3) is 0.889. The summed E-state index contributed by atoms with van der Waals surface area (Å²) < 4.78 is 1.00. The molecule has 0 bridgehead atoms. The second kappa shape index (κ2) is 9.05. The van der Waals surface area contributed by atoms with Gasteiger partial charge in [0.1, 0.15) is 0 Å². The summed E-state index contributed by atoms with van der Waals surface area (Å²) in [5.74, 6) is -0.297. The number of ketones is 1. The van der Waals surface area contributed by atoms with Gasteiger partial charge in [0.2, 0.25) is 0 Å². The first-order valence-corrected chi connectivity index (χ1v) is 14.6. The predicted octanol–water partition coefficient (Wildman–Crippen LogP) is 3.15. The summed E-state index contributed by atoms with van der Waals surface area (Å²) in [6, 6.07) is 0. The Bertz CT molecular complexity index is 843. The number of allylic oxidation sites excluding steroid dienone is 1. The third-order valence-electron chi connectivity index (χ3n) is 10.7. The molecule has 7 heteroatoms. The van der Waals surface area contributed by atoms with Crippen molar-refractivity contribution in [3.05, 3.63) is 11.6 Å². The first-order chi connectivity index (χ1) is 15.7. The lowest BCUT2D eigenvalue weighted by Crippen LogP contribution is -2.62. The Kier molecular flexibility index (Phi) is 7.18. The van der Waals surface area contributed by atoms with Gasteiger partial charge in [-0.2, -0.15) is 0 Å². The average Bonchev–Trinajstić information content (AvgIpc) is 3.06.